The molecule has 0 atom stereocenters. The molecule has 11 heavy (non-hydrogen) atoms. The van der Waals surface area contributed by atoms with Crippen molar-refractivity contribution in [2.45, 2.75) is 31.6 Å². The molecule has 1 aliphatic carbocycles. The van der Waals surface area contributed by atoms with Crippen LogP contribution in [-0.4, -0.2) is 10.1 Å². The van der Waals surface area contributed by atoms with Crippen LogP contribution in [0.15, 0.2) is 4.52 Å². The van der Waals surface area contributed by atoms with Gasteiger partial charge in [0, 0.05) is 5.92 Å². The normalized spacial score (nSPS) is 19.4. The van der Waals surface area contributed by atoms with E-state index < -0.39 is 0 Å². The van der Waals surface area contributed by atoms with Crippen LogP contribution < -0.4 is 0 Å². The van der Waals surface area contributed by atoms with Crippen molar-refractivity contribution in [2.75, 3.05) is 0 Å². The SMILES string of the molecule is Clc1noc(C2CCCC2)n1. The third kappa shape index (κ3) is 1.38. The van der Waals surface area contributed by atoms with Crippen LogP contribution in [0, 0.1) is 0 Å². The van der Waals surface area contributed by atoms with Crippen LogP contribution in [0.5, 0.6) is 0 Å². The van der Waals surface area contributed by atoms with Crippen molar-refractivity contribution < 1.29 is 4.52 Å². The highest BCUT2D eigenvalue weighted by Crippen LogP contribution is 2.33. The summed E-state index contributed by atoms with van der Waals surface area (Å²) in [5.74, 6) is 1.18. The summed E-state index contributed by atoms with van der Waals surface area (Å²) in [6, 6.07) is 0. The summed E-state index contributed by atoms with van der Waals surface area (Å²) >= 11 is 5.52. The smallest absolute Gasteiger partial charge is 0.263 e. The van der Waals surface area contributed by atoms with Gasteiger partial charge in [-0.2, -0.15) is 4.98 Å². The minimum absolute atomic E-state index is 0.229. The third-order valence-electron chi connectivity index (χ3n) is 2.12. The van der Waals surface area contributed by atoms with E-state index in [0.717, 1.165) is 0 Å². The van der Waals surface area contributed by atoms with Gasteiger partial charge in [-0.05, 0) is 29.6 Å². The molecule has 1 fully saturated rings. The summed E-state index contributed by atoms with van der Waals surface area (Å²) < 4.78 is 4.96. The van der Waals surface area contributed by atoms with Crippen LogP contribution in [0.1, 0.15) is 37.5 Å². The molecule has 0 aliphatic heterocycles. The summed E-state index contributed by atoms with van der Waals surface area (Å²) in [7, 11) is 0. The zero-order valence-electron chi connectivity index (χ0n) is 6.09. The highest BCUT2D eigenvalue weighted by molar-refractivity contribution is 6.28. The maximum atomic E-state index is 5.52. The summed E-state index contributed by atoms with van der Waals surface area (Å²) in [5, 5.41) is 3.77. The predicted octanol–water partition coefficient (Wildman–Crippen LogP) is 2.38. The maximum absolute atomic E-state index is 5.52. The molecule has 1 heterocycles. The van der Waals surface area contributed by atoms with E-state index in [2.05, 4.69) is 10.1 Å². The first-order valence-corrected chi connectivity index (χ1v) is 4.23. The van der Waals surface area contributed by atoms with Crippen LogP contribution in [0.3, 0.4) is 0 Å². The van der Waals surface area contributed by atoms with Crippen molar-refractivity contribution in [3.8, 4) is 0 Å². The molecule has 1 aliphatic rings. The Kier molecular flexibility index (Phi) is 1.82. The first kappa shape index (κ1) is 7.10. The van der Waals surface area contributed by atoms with Crippen molar-refractivity contribution in [1.29, 1.82) is 0 Å². The minimum Gasteiger partial charge on any atom is -0.338 e. The average molecular weight is 173 g/mol. The van der Waals surface area contributed by atoms with Gasteiger partial charge in [-0.25, -0.2) is 0 Å². The second-order valence-corrected chi connectivity index (χ2v) is 3.22. The molecule has 2 rings (SSSR count). The summed E-state index contributed by atoms with van der Waals surface area (Å²) in [5.41, 5.74) is 0. The fourth-order valence-corrected chi connectivity index (χ4v) is 1.67. The van der Waals surface area contributed by atoms with Gasteiger partial charge in [-0.3, -0.25) is 0 Å². The topological polar surface area (TPSA) is 38.9 Å². The second-order valence-electron chi connectivity index (χ2n) is 2.88. The van der Waals surface area contributed by atoms with Crippen molar-refractivity contribution in [1.82, 2.24) is 10.1 Å². The monoisotopic (exact) mass is 172 g/mol. The Labute approximate surface area is 69.7 Å². The third-order valence-corrected chi connectivity index (χ3v) is 2.27. The fraction of sp³-hybridized carbons (Fsp3) is 0.714. The molecular weight excluding hydrogens is 164 g/mol. The lowest BCUT2D eigenvalue weighted by Crippen LogP contribution is -1.90. The van der Waals surface area contributed by atoms with E-state index in [4.69, 9.17) is 16.1 Å². The second kappa shape index (κ2) is 2.81. The average Bonchev–Trinajstić information content (AvgIpc) is 2.55. The lowest BCUT2D eigenvalue weighted by molar-refractivity contribution is 0.353. The van der Waals surface area contributed by atoms with Crippen molar-refractivity contribution in [2.24, 2.45) is 0 Å². The van der Waals surface area contributed by atoms with Gasteiger partial charge in [-0.1, -0.05) is 12.8 Å². The number of aromatic nitrogens is 2. The summed E-state index contributed by atoms with van der Waals surface area (Å²) in [6.07, 6.45) is 4.87. The number of hydrogen-bond acceptors (Lipinski definition) is 3. The molecule has 0 bridgehead atoms. The molecule has 3 nitrogen and oxygen atoms in total. The number of hydrogen-bond donors (Lipinski definition) is 0. The van der Waals surface area contributed by atoms with Gasteiger partial charge in [0.15, 0.2) is 0 Å². The Balaban J connectivity index is 2.15. The largest absolute Gasteiger partial charge is 0.338 e. The van der Waals surface area contributed by atoms with E-state index in [9.17, 15) is 0 Å². The van der Waals surface area contributed by atoms with Crippen LogP contribution in [0.2, 0.25) is 5.28 Å². The van der Waals surface area contributed by atoms with Gasteiger partial charge in [0.1, 0.15) is 0 Å². The van der Waals surface area contributed by atoms with Crippen LogP contribution in [0.4, 0.5) is 0 Å². The van der Waals surface area contributed by atoms with Crippen molar-refractivity contribution >= 4 is 11.6 Å². The number of halogens is 1. The predicted molar refractivity (Wildman–Crippen MR) is 40.5 cm³/mol. The van der Waals surface area contributed by atoms with Crippen molar-refractivity contribution in [3.63, 3.8) is 0 Å². The quantitative estimate of drug-likeness (QED) is 0.653. The first-order chi connectivity index (χ1) is 5.36. The van der Waals surface area contributed by atoms with Gasteiger partial charge in [-0.15, -0.1) is 0 Å². The zero-order chi connectivity index (χ0) is 7.68. The van der Waals surface area contributed by atoms with E-state index in [0.29, 0.717) is 11.8 Å². The minimum atomic E-state index is 0.229. The Morgan fingerprint density at radius 1 is 1.36 bits per heavy atom. The van der Waals surface area contributed by atoms with E-state index in [1.807, 2.05) is 0 Å². The first-order valence-electron chi connectivity index (χ1n) is 3.85. The summed E-state index contributed by atoms with van der Waals surface area (Å²) in [6.45, 7) is 0. The van der Waals surface area contributed by atoms with Gasteiger partial charge >= 0.3 is 0 Å². The highest BCUT2D eigenvalue weighted by atomic mass is 35.5. The molecule has 0 aromatic carbocycles. The van der Waals surface area contributed by atoms with E-state index in [1.165, 1.54) is 25.7 Å². The van der Waals surface area contributed by atoms with Gasteiger partial charge in [0.05, 0.1) is 0 Å². The lowest BCUT2D eigenvalue weighted by Gasteiger charge is -1.98. The van der Waals surface area contributed by atoms with Crippen molar-refractivity contribution in [3.05, 3.63) is 11.2 Å². The maximum Gasteiger partial charge on any atom is 0.263 e. The van der Waals surface area contributed by atoms with Gasteiger partial charge < -0.3 is 4.52 Å². The molecule has 0 amide bonds. The molecule has 1 aromatic heterocycles. The molecule has 0 radical (unpaired) electrons. The Bertz CT molecular complexity index is 242. The molecule has 0 spiro atoms. The lowest BCUT2D eigenvalue weighted by atomic mass is 10.1. The molecule has 1 saturated carbocycles. The molecule has 4 heteroatoms. The molecule has 0 saturated heterocycles. The molecular formula is C7H9ClN2O. The van der Waals surface area contributed by atoms with E-state index in [-0.39, 0.29) is 5.28 Å². The zero-order valence-corrected chi connectivity index (χ0v) is 6.84. The highest BCUT2D eigenvalue weighted by Gasteiger charge is 2.22. The van der Waals surface area contributed by atoms with Gasteiger partial charge in [0.25, 0.3) is 5.28 Å². The van der Waals surface area contributed by atoms with Gasteiger partial charge in [0.2, 0.25) is 5.89 Å². The Morgan fingerprint density at radius 2 is 2.09 bits per heavy atom. The van der Waals surface area contributed by atoms with Crippen LogP contribution >= 0.6 is 11.6 Å². The fourth-order valence-electron chi connectivity index (χ4n) is 1.55. The summed E-state index contributed by atoms with van der Waals surface area (Å²) in [4.78, 5) is 3.98. The molecule has 1 aromatic rings. The Morgan fingerprint density at radius 3 is 2.64 bits per heavy atom. The molecule has 60 valence electrons. The van der Waals surface area contributed by atoms with E-state index in [1.54, 1.807) is 0 Å². The molecule has 0 unspecified atom stereocenters. The van der Waals surface area contributed by atoms with Crippen LogP contribution in [-0.2, 0) is 0 Å². The van der Waals surface area contributed by atoms with Crippen LogP contribution in [0.25, 0.3) is 0 Å². The van der Waals surface area contributed by atoms with E-state index >= 15 is 0 Å². The Hall–Kier alpha value is -0.570. The number of rotatable bonds is 1. The number of nitrogens with zero attached hydrogens (tertiary/aromatic N) is 2. The standard InChI is InChI=1S/C7H9ClN2O/c8-7-9-6(11-10-7)5-3-1-2-4-5/h5H,1-4H2. The molecule has 0 N–H and O–H groups in total.